The van der Waals surface area contributed by atoms with E-state index in [1.165, 1.54) is 12.8 Å². The third kappa shape index (κ3) is 3.71. The highest BCUT2D eigenvalue weighted by Gasteiger charge is 2.39. The molecule has 3 nitrogen and oxygen atoms in total. The standard InChI is InChI=1S/C15H30N2O/c1-3-11-17(12-4-2)14(18)15(13-16)9-7-5-6-8-10-15/h3-13,16H2,1-2H3. The lowest BCUT2D eigenvalue weighted by Crippen LogP contribution is -2.48. The molecule has 0 spiro atoms. The van der Waals surface area contributed by atoms with Crippen molar-refractivity contribution in [2.45, 2.75) is 65.2 Å². The Bertz CT molecular complexity index is 239. The van der Waals surface area contributed by atoms with E-state index in [0.717, 1.165) is 51.6 Å². The fourth-order valence-electron chi connectivity index (χ4n) is 3.10. The summed E-state index contributed by atoms with van der Waals surface area (Å²) in [6, 6.07) is 0. The first-order chi connectivity index (χ1) is 8.70. The topological polar surface area (TPSA) is 46.3 Å². The molecule has 18 heavy (non-hydrogen) atoms. The summed E-state index contributed by atoms with van der Waals surface area (Å²) in [5.41, 5.74) is 5.74. The summed E-state index contributed by atoms with van der Waals surface area (Å²) in [5.74, 6) is 0.329. The predicted octanol–water partition coefficient (Wildman–Crippen LogP) is 2.93. The third-order valence-electron chi connectivity index (χ3n) is 4.18. The molecule has 1 aliphatic carbocycles. The van der Waals surface area contributed by atoms with Gasteiger partial charge < -0.3 is 10.6 Å². The van der Waals surface area contributed by atoms with Gasteiger partial charge in [-0.1, -0.05) is 39.5 Å². The number of carbonyl (C=O) groups excluding carboxylic acids is 1. The van der Waals surface area contributed by atoms with Crippen LogP contribution in [0.5, 0.6) is 0 Å². The third-order valence-corrected chi connectivity index (χ3v) is 4.18. The van der Waals surface area contributed by atoms with E-state index in [-0.39, 0.29) is 5.41 Å². The van der Waals surface area contributed by atoms with Crippen molar-refractivity contribution in [3.05, 3.63) is 0 Å². The highest BCUT2D eigenvalue weighted by molar-refractivity contribution is 5.83. The van der Waals surface area contributed by atoms with Gasteiger partial charge in [0.2, 0.25) is 5.91 Å². The first-order valence-electron chi connectivity index (χ1n) is 7.69. The van der Waals surface area contributed by atoms with Crippen molar-refractivity contribution in [2.24, 2.45) is 11.1 Å². The summed E-state index contributed by atoms with van der Waals surface area (Å²) in [4.78, 5) is 14.9. The second-order valence-corrected chi connectivity index (χ2v) is 5.69. The van der Waals surface area contributed by atoms with Crippen LogP contribution in [0.3, 0.4) is 0 Å². The molecule has 3 heteroatoms. The minimum absolute atomic E-state index is 0.249. The first-order valence-corrected chi connectivity index (χ1v) is 7.69. The molecule has 1 rings (SSSR count). The van der Waals surface area contributed by atoms with Gasteiger partial charge in [0.05, 0.1) is 5.41 Å². The number of carbonyl (C=O) groups is 1. The Hall–Kier alpha value is -0.570. The summed E-state index contributed by atoms with van der Waals surface area (Å²) in [6.45, 7) is 6.56. The number of nitrogens with two attached hydrogens (primary N) is 1. The van der Waals surface area contributed by atoms with Gasteiger partial charge in [-0.15, -0.1) is 0 Å². The molecule has 0 aromatic carbocycles. The summed E-state index contributed by atoms with van der Waals surface area (Å²) in [7, 11) is 0. The van der Waals surface area contributed by atoms with Gasteiger partial charge in [0, 0.05) is 19.6 Å². The largest absolute Gasteiger partial charge is 0.342 e. The lowest BCUT2D eigenvalue weighted by Gasteiger charge is -2.36. The van der Waals surface area contributed by atoms with E-state index in [4.69, 9.17) is 5.73 Å². The molecule has 0 saturated heterocycles. The van der Waals surface area contributed by atoms with Gasteiger partial charge in [0.25, 0.3) is 0 Å². The Kier molecular flexibility index (Phi) is 6.69. The first kappa shape index (κ1) is 15.5. The second kappa shape index (κ2) is 7.78. The molecule has 0 aliphatic heterocycles. The molecule has 1 saturated carbocycles. The van der Waals surface area contributed by atoms with E-state index in [1.54, 1.807) is 0 Å². The van der Waals surface area contributed by atoms with Crippen LogP contribution in [0.2, 0.25) is 0 Å². The molecule has 0 aromatic heterocycles. The van der Waals surface area contributed by atoms with Crippen LogP contribution in [0.25, 0.3) is 0 Å². The molecule has 1 fully saturated rings. The molecule has 0 bridgehead atoms. The van der Waals surface area contributed by atoms with Crippen LogP contribution in [0, 0.1) is 5.41 Å². The summed E-state index contributed by atoms with van der Waals surface area (Å²) < 4.78 is 0. The van der Waals surface area contributed by atoms with E-state index in [0.29, 0.717) is 12.5 Å². The number of hydrogen-bond acceptors (Lipinski definition) is 2. The molecule has 1 aliphatic rings. The lowest BCUT2D eigenvalue weighted by atomic mass is 9.79. The van der Waals surface area contributed by atoms with E-state index in [9.17, 15) is 4.79 Å². The van der Waals surface area contributed by atoms with Crippen LogP contribution in [-0.4, -0.2) is 30.4 Å². The maximum atomic E-state index is 12.8. The number of hydrogen-bond donors (Lipinski definition) is 1. The highest BCUT2D eigenvalue weighted by atomic mass is 16.2. The Morgan fingerprint density at radius 1 is 1.06 bits per heavy atom. The minimum atomic E-state index is -0.249. The number of amides is 1. The van der Waals surface area contributed by atoms with Gasteiger partial charge >= 0.3 is 0 Å². The molecule has 1 amide bonds. The van der Waals surface area contributed by atoms with Crippen LogP contribution in [0.1, 0.15) is 65.2 Å². The van der Waals surface area contributed by atoms with Crippen molar-refractivity contribution in [1.29, 1.82) is 0 Å². The SMILES string of the molecule is CCCN(CCC)C(=O)C1(CN)CCCCCC1. The predicted molar refractivity (Wildman–Crippen MR) is 76.4 cm³/mol. The van der Waals surface area contributed by atoms with Gasteiger partial charge in [-0.05, 0) is 25.7 Å². The van der Waals surface area contributed by atoms with Crippen molar-refractivity contribution in [2.75, 3.05) is 19.6 Å². The number of rotatable bonds is 6. The molecule has 0 heterocycles. The van der Waals surface area contributed by atoms with Crippen molar-refractivity contribution in [3.8, 4) is 0 Å². The quantitative estimate of drug-likeness (QED) is 0.741. The summed E-state index contributed by atoms with van der Waals surface area (Å²) >= 11 is 0. The minimum Gasteiger partial charge on any atom is -0.342 e. The van der Waals surface area contributed by atoms with Crippen molar-refractivity contribution >= 4 is 5.91 Å². The Morgan fingerprint density at radius 3 is 1.94 bits per heavy atom. The Morgan fingerprint density at radius 2 is 1.56 bits per heavy atom. The maximum absolute atomic E-state index is 12.8. The molecule has 0 unspecified atom stereocenters. The molecule has 2 N–H and O–H groups in total. The molecule has 0 aromatic rings. The van der Waals surface area contributed by atoms with Gasteiger partial charge in [0.15, 0.2) is 0 Å². The van der Waals surface area contributed by atoms with Crippen molar-refractivity contribution < 1.29 is 4.79 Å². The second-order valence-electron chi connectivity index (χ2n) is 5.69. The Labute approximate surface area is 112 Å². The van der Waals surface area contributed by atoms with E-state index >= 15 is 0 Å². The monoisotopic (exact) mass is 254 g/mol. The average Bonchev–Trinajstić information content (AvgIpc) is 2.64. The molecule has 0 atom stereocenters. The van der Waals surface area contributed by atoms with E-state index in [1.807, 2.05) is 0 Å². The number of nitrogens with zero attached hydrogens (tertiary/aromatic N) is 1. The van der Waals surface area contributed by atoms with Crippen LogP contribution in [0.4, 0.5) is 0 Å². The molecular formula is C15H30N2O. The van der Waals surface area contributed by atoms with Gasteiger partial charge in [-0.3, -0.25) is 4.79 Å². The van der Waals surface area contributed by atoms with Gasteiger partial charge in [0.1, 0.15) is 0 Å². The van der Waals surface area contributed by atoms with E-state index < -0.39 is 0 Å². The van der Waals surface area contributed by atoms with Crippen LogP contribution < -0.4 is 5.73 Å². The average molecular weight is 254 g/mol. The van der Waals surface area contributed by atoms with Gasteiger partial charge in [-0.25, -0.2) is 0 Å². The van der Waals surface area contributed by atoms with Crippen LogP contribution in [-0.2, 0) is 4.79 Å². The van der Waals surface area contributed by atoms with Crippen LogP contribution >= 0.6 is 0 Å². The molecular weight excluding hydrogens is 224 g/mol. The molecule has 106 valence electrons. The summed E-state index contributed by atoms with van der Waals surface area (Å²) in [5, 5.41) is 0. The zero-order valence-corrected chi connectivity index (χ0v) is 12.2. The fraction of sp³-hybridized carbons (Fsp3) is 0.933. The zero-order valence-electron chi connectivity index (χ0n) is 12.2. The Balaban J connectivity index is 2.79. The van der Waals surface area contributed by atoms with Gasteiger partial charge in [-0.2, -0.15) is 0 Å². The zero-order chi connectivity index (χ0) is 13.4. The molecule has 0 radical (unpaired) electrons. The summed E-state index contributed by atoms with van der Waals surface area (Å²) in [6.07, 6.45) is 8.90. The van der Waals surface area contributed by atoms with Crippen molar-refractivity contribution in [3.63, 3.8) is 0 Å². The normalized spacial score (nSPS) is 19.3. The highest BCUT2D eigenvalue weighted by Crippen LogP contribution is 2.36. The lowest BCUT2D eigenvalue weighted by molar-refractivity contribution is -0.142. The maximum Gasteiger partial charge on any atom is 0.230 e. The van der Waals surface area contributed by atoms with E-state index in [2.05, 4.69) is 18.7 Å². The fourth-order valence-corrected chi connectivity index (χ4v) is 3.10. The van der Waals surface area contributed by atoms with Crippen LogP contribution in [0.15, 0.2) is 0 Å². The van der Waals surface area contributed by atoms with Crippen molar-refractivity contribution in [1.82, 2.24) is 4.90 Å². The smallest absolute Gasteiger partial charge is 0.230 e.